The molecule has 2 aromatic carbocycles. The highest BCUT2D eigenvalue weighted by Crippen LogP contribution is 2.22. The third kappa shape index (κ3) is 5.16. The van der Waals surface area contributed by atoms with Crippen LogP contribution in [0.5, 0.6) is 0 Å². The third-order valence-electron chi connectivity index (χ3n) is 5.79. The van der Waals surface area contributed by atoms with Crippen LogP contribution in [-0.4, -0.2) is 41.4 Å². The smallest absolute Gasteiger partial charge is 0.290 e. The Morgan fingerprint density at radius 3 is 2.47 bits per heavy atom. The molecule has 1 amide bonds. The van der Waals surface area contributed by atoms with Gasteiger partial charge in [-0.3, -0.25) is 4.79 Å². The van der Waals surface area contributed by atoms with Gasteiger partial charge in [0.05, 0.1) is 6.26 Å². The molecule has 0 saturated carbocycles. The van der Waals surface area contributed by atoms with Gasteiger partial charge in [-0.05, 0) is 54.7 Å². The van der Waals surface area contributed by atoms with E-state index in [1.54, 1.807) is 18.2 Å². The molecule has 0 spiro atoms. The van der Waals surface area contributed by atoms with Gasteiger partial charge in [-0.15, -0.1) is 0 Å². The van der Waals surface area contributed by atoms with Gasteiger partial charge in [-0.2, -0.15) is 0 Å². The number of likely N-dealkylation sites (tertiary alicyclic amines) is 1. The van der Waals surface area contributed by atoms with Gasteiger partial charge < -0.3 is 14.2 Å². The average molecular weight is 407 g/mol. The average Bonchev–Trinajstić information content (AvgIpc) is 3.32. The van der Waals surface area contributed by atoms with Crippen molar-refractivity contribution >= 4 is 5.91 Å². The Balaban J connectivity index is 1.40. The predicted molar refractivity (Wildman–Crippen MR) is 115 cm³/mol. The normalized spacial score (nSPS) is 15.2. The minimum absolute atomic E-state index is 0.110. The van der Waals surface area contributed by atoms with Crippen molar-refractivity contribution < 1.29 is 13.6 Å². The standard InChI is InChI=1S/C25H27FN2O2/c26-22-9-4-8-21(18-22)19-28(25(29)24-10-5-17-30-24)23-12-15-27(16-13-23)14-11-20-6-2-1-3-7-20/h1-10,17-18,23H,11-16,19H2. The quantitative estimate of drug-likeness (QED) is 0.567. The van der Waals surface area contributed by atoms with E-state index in [0.717, 1.165) is 44.5 Å². The van der Waals surface area contributed by atoms with Crippen LogP contribution in [0.15, 0.2) is 77.4 Å². The Morgan fingerprint density at radius 1 is 1.00 bits per heavy atom. The van der Waals surface area contributed by atoms with Crippen LogP contribution in [0.25, 0.3) is 0 Å². The van der Waals surface area contributed by atoms with Crippen molar-refractivity contribution in [3.63, 3.8) is 0 Å². The number of carbonyl (C=O) groups excluding carboxylic acids is 1. The molecule has 4 rings (SSSR count). The molecular formula is C25H27FN2O2. The SMILES string of the molecule is O=C(c1ccco1)N(Cc1cccc(F)c1)C1CCN(CCc2ccccc2)CC1. The van der Waals surface area contributed by atoms with Crippen LogP contribution in [0.4, 0.5) is 4.39 Å². The molecule has 2 heterocycles. The lowest BCUT2D eigenvalue weighted by atomic mass is 10.0. The number of rotatable bonds is 7. The van der Waals surface area contributed by atoms with Gasteiger partial charge in [0, 0.05) is 32.2 Å². The van der Waals surface area contributed by atoms with Gasteiger partial charge in [0.25, 0.3) is 5.91 Å². The second kappa shape index (κ2) is 9.72. The predicted octanol–water partition coefficient (Wildman–Crippen LogP) is 4.77. The van der Waals surface area contributed by atoms with Crippen LogP contribution < -0.4 is 0 Å². The van der Waals surface area contributed by atoms with Crippen molar-refractivity contribution in [3.05, 3.63) is 95.7 Å². The second-order valence-corrected chi connectivity index (χ2v) is 7.85. The van der Waals surface area contributed by atoms with Crippen LogP contribution in [0.2, 0.25) is 0 Å². The molecule has 5 heteroatoms. The molecule has 1 fully saturated rings. The first-order valence-corrected chi connectivity index (χ1v) is 10.5. The monoisotopic (exact) mass is 406 g/mol. The maximum Gasteiger partial charge on any atom is 0.290 e. The van der Waals surface area contributed by atoms with E-state index < -0.39 is 0 Å². The molecule has 1 aromatic heterocycles. The van der Waals surface area contributed by atoms with E-state index in [9.17, 15) is 9.18 Å². The topological polar surface area (TPSA) is 36.7 Å². The maximum absolute atomic E-state index is 13.7. The largest absolute Gasteiger partial charge is 0.459 e. The Morgan fingerprint density at radius 2 is 1.77 bits per heavy atom. The van der Waals surface area contributed by atoms with Crippen LogP contribution in [0.3, 0.4) is 0 Å². The second-order valence-electron chi connectivity index (χ2n) is 7.85. The number of amides is 1. The number of furan rings is 1. The van der Waals surface area contributed by atoms with E-state index >= 15 is 0 Å². The molecule has 0 atom stereocenters. The van der Waals surface area contributed by atoms with Crippen molar-refractivity contribution in [3.8, 4) is 0 Å². The van der Waals surface area contributed by atoms with Crippen molar-refractivity contribution in [2.24, 2.45) is 0 Å². The molecule has 0 N–H and O–H groups in total. The van der Waals surface area contributed by atoms with Gasteiger partial charge in [0.2, 0.25) is 0 Å². The molecule has 3 aromatic rings. The first-order valence-electron chi connectivity index (χ1n) is 10.5. The number of hydrogen-bond donors (Lipinski definition) is 0. The molecule has 1 aliphatic rings. The van der Waals surface area contributed by atoms with E-state index in [1.807, 2.05) is 17.0 Å². The third-order valence-corrected chi connectivity index (χ3v) is 5.79. The maximum atomic E-state index is 13.7. The molecule has 0 bridgehead atoms. The Labute approximate surface area is 176 Å². The van der Waals surface area contributed by atoms with Gasteiger partial charge in [0.1, 0.15) is 5.82 Å². The summed E-state index contributed by atoms with van der Waals surface area (Å²) in [6, 6.07) is 20.5. The number of nitrogens with zero attached hydrogens (tertiary/aromatic N) is 2. The van der Waals surface area contributed by atoms with Crippen molar-refractivity contribution in [2.75, 3.05) is 19.6 Å². The summed E-state index contributed by atoms with van der Waals surface area (Å²) in [5, 5.41) is 0. The summed E-state index contributed by atoms with van der Waals surface area (Å²) in [7, 11) is 0. The van der Waals surface area contributed by atoms with Crippen LogP contribution in [0, 0.1) is 5.82 Å². The number of carbonyl (C=O) groups is 1. The highest BCUT2D eigenvalue weighted by molar-refractivity contribution is 5.91. The summed E-state index contributed by atoms with van der Waals surface area (Å²) in [6.45, 7) is 3.30. The molecular weight excluding hydrogens is 379 g/mol. The number of piperidine rings is 1. The zero-order valence-electron chi connectivity index (χ0n) is 17.0. The highest BCUT2D eigenvalue weighted by atomic mass is 19.1. The first kappa shape index (κ1) is 20.4. The Kier molecular flexibility index (Phi) is 6.60. The molecule has 4 nitrogen and oxygen atoms in total. The zero-order chi connectivity index (χ0) is 20.8. The summed E-state index contributed by atoms with van der Waals surface area (Å²) in [5.74, 6) is -0.0847. The number of benzene rings is 2. The lowest BCUT2D eigenvalue weighted by Gasteiger charge is -2.38. The fourth-order valence-electron chi connectivity index (χ4n) is 4.13. The van der Waals surface area contributed by atoms with Gasteiger partial charge >= 0.3 is 0 Å². The molecule has 0 radical (unpaired) electrons. The fourth-order valence-corrected chi connectivity index (χ4v) is 4.13. The first-order chi connectivity index (χ1) is 14.7. The summed E-state index contributed by atoms with van der Waals surface area (Å²) >= 11 is 0. The van der Waals surface area contributed by atoms with Crippen LogP contribution in [-0.2, 0) is 13.0 Å². The van der Waals surface area contributed by atoms with E-state index in [4.69, 9.17) is 4.42 Å². The molecule has 156 valence electrons. The zero-order valence-corrected chi connectivity index (χ0v) is 17.0. The summed E-state index contributed by atoms with van der Waals surface area (Å²) in [5.41, 5.74) is 2.14. The minimum atomic E-state index is -0.284. The lowest BCUT2D eigenvalue weighted by molar-refractivity contribution is 0.0520. The van der Waals surface area contributed by atoms with E-state index in [2.05, 4.69) is 29.2 Å². The van der Waals surface area contributed by atoms with Crippen molar-refractivity contribution in [2.45, 2.75) is 31.8 Å². The van der Waals surface area contributed by atoms with Gasteiger partial charge in [0.15, 0.2) is 5.76 Å². The van der Waals surface area contributed by atoms with Gasteiger partial charge in [-0.1, -0.05) is 42.5 Å². The molecule has 30 heavy (non-hydrogen) atoms. The molecule has 0 aliphatic carbocycles. The van der Waals surface area contributed by atoms with Crippen LogP contribution in [0.1, 0.15) is 34.5 Å². The summed E-state index contributed by atoms with van der Waals surface area (Å²) in [6.07, 6.45) is 4.34. The fraction of sp³-hybridized carbons (Fsp3) is 0.320. The van der Waals surface area contributed by atoms with Crippen LogP contribution >= 0.6 is 0 Å². The lowest BCUT2D eigenvalue weighted by Crippen LogP contribution is -2.47. The van der Waals surface area contributed by atoms with Gasteiger partial charge in [-0.25, -0.2) is 4.39 Å². The Bertz CT molecular complexity index is 935. The number of hydrogen-bond acceptors (Lipinski definition) is 3. The van der Waals surface area contributed by atoms with E-state index in [0.29, 0.717) is 12.3 Å². The minimum Gasteiger partial charge on any atom is -0.459 e. The highest BCUT2D eigenvalue weighted by Gasteiger charge is 2.30. The van der Waals surface area contributed by atoms with E-state index in [-0.39, 0.29) is 17.8 Å². The molecule has 1 saturated heterocycles. The van der Waals surface area contributed by atoms with E-state index in [1.165, 1.54) is 24.0 Å². The molecule has 1 aliphatic heterocycles. The van der Waals surface area contributed by atoms with Crippen molar-refractivity contribution in [1.29, 1.82) is 0 Å². The summed E-state index contributed by atoms with van der Waals surface area (Å²) in [4.78, 5) is 17.4. The Hall–Kier alpha value is -2.92. The number of halogens is 1. The van der Waals surface area contributed by atoms with Crippen molar-refractivity contribution in [1.82, 2.24) is 9.80 Å². The molecule has 0 unspecified atom stereocenters. The summed E-state index contributed by atoms with van der Waals surface area (Å²) < 4.78 is 19.0.